The van der Waals surface area contributed by atoms with E-state index in [2.05, 4.69) is 0 Å². The highest BCUT2D eigenvalue weighted by Crippen LogP contribution is 2.65. The van der Waals surface area contributed by atoms with Gasteiger partial charge in [-0.15, -0.1) is 0 Å². The van der Waals surface area contributed by atoms with Crippen molar-refractivity contribution in [2.24, 2.45) is 17.8 Å². The first-order chi connectivity index (χ1) is 11.1. The number of ether oxygens (including phenoxy) is 3. The summed E-state index contributed by atoms with van der Waals surface area (Å²) in [5.74, 6) is -3.01. The molecule has 4 nitrogen and oxygen atoms in total. The SMILES string of the molecule is COC(=O)[C@H]1CC2(OCCO2)C2CC2[C@@H]1c1cc(F)ccc1F. The van der Waals surface area contributed by atoms with Crippen molar-refractivity contribution >= 4 is 5.97 Å². The third-order valence-corrected chi connectivity index (χ3v) is 5.40. The summed E-state index contributed by atoms with van der Waals surface area (Å²) in [6.45, 7) is 0.992. The molecule has 6 heteroatoms. The van der Waals surface area contributed by atoms with E-state index in [0.717, 1.165) is 18.6 Å². The zero-order valence-electron chi connectivity index (χ0n) is 12.8. The Balaban J connectivity index is 1.74. The molecule has 1 aromatic carbocycles. The molecule has 2 saturated carbocycles. The van der Waals surface area contributed by atoms with E-state index >= 15 is 0 Å². The summed E-state index contributed by atoms with van der Waals surface area (Å²) >= 11 is 0. The lowest BCUT2D eigenvalue weighted by molar-refractivity contribution is -0.206. The highest BCUT2D eigenvalue weighted by atomic mass is 19.1. The molecule has 1 spiro atoms. The van der Waals surface area contributed by atoms with Gasteiger partial charge in [0, 0.05) is 18.3 Å². The second-order valence-electron chi connectivity index (χ2n) is 6.54. The first kappa shape index (κ1) is 15.0. The van der Waals surface area contributed by atoms with Gasteiger partial charge in [-0.3, -0.25) is 4.79 Å². The van der Waals surface area contributed by atoms with Gasteiger partial charge in [-0.2, -0.15) is 0 Å². The Hall–Kier alpha value is -1.53. The smallest absolute Gasteiger partial charge is 0.309 e. The summed E-state index contributed by atoms with van der Waals surface area (Å²) in [6, 6.07) is 3.40. The molecule has 124 valence electrons. The minimum Gasteiger partial charge on any atom is -0.469 e. The average molecular weight is 324 g/mol. The van der Waals surface area contributed by atoms with Crippen molar-refractivity contribution in [3.8, 4) is 0 Å². The number of rotatable bonds is 2. The van der Waals surface area contributed by atoms with Crippen molar-refractivity contribution in [1.29, 1.82) is 0 Å². The van der Waals surface area contributed by atoms with Crippen LogP contribution in [0.5, 0.6) is 0 Å². The van der Waals surface area contributed by atoms with E-state index in [9.17, 15) is 13.6 Å². The van der Waals surface area contributed by atoms with Crippen LogP contribution in [0, 0.1) is 29.4 Å². The van der Waals surface area contributed by atoms with Gasteiger partial charge >= 0.3 is 5.97 Å². The lowest BCUT2D eigenvalue weighted by Crippen LogP contribution is -2.45. The fourth-order valence-corrected chi connectivity index (χ4v) is 4.40. The fourth-order valence-electron chi connectivity index (χ4n) is 4.40. The van der Waals surface area contributed by atoms with Crippen molar-refractivity contribution < 1.29 is 27.8 Å². The molecular weight excluding hydrogens is 306 g/mol. The molecule has 2 unspecified atom stereocenters. The van der Waals surface area contributed by atoms with Crippen molar-refractivity contribution in [3.05, 3.63) is 35.4 Å². The Morgan fingerprint density at radius 1 is 1.30 bits per heavy atom. The molecule has 0 radical (unpaired) electrons. The molecule has 1 aliphatic heterocycles. The average Bonchev–Trinajstić information content (AvgIpc) is 3.23. The van der Waals surface area contributed by atoms with Crippen LogP contribution in [0.4, 0.5) is 8.78 Å². The van der Waals surface area contributed by atoms with E-state index in [1.807, 2.05) is 0 Å². The zero-order chi connectivity index (χ0) is 16.2. The van der Waals surface area contributed by atoms with E-state index in [0.29, 0.717) is 19.6 Å². The molecule has 3 aliphatic rings. The van der Waals surface area contributed by atoms with Crippen LogP contribution in [0.1, 0.15) is 24.3 Å². The minimum atomic E-state index is -0.760. The van der Waals surface area contributed by atoms with Crippen LogP contribution in [0.3, 0.4) is 0 Å². The van der Waals surface area contributed by atoms with E-state index in [1.54, 1.807) is 0 Å². The molecule has 3 fully saturated rings. The monoisotopic (exact) mass is 324 g/mol. The third-order valence-electron chi connectivity index (χ3n) is 5.40. The molecule has 4 rings (SSSR count). The van der Waals surface area contributed by atoms with E-state index < -0.39 is 35.2 Å². The lowest BCUT2D eigenvalue weighted by Gasteiger charge is -2.39. The maximum atomic E-state index is 14.3. The van der Waals surface area contributed by atoms with Gasteiger partial charge in [-0.1, -0.05) is 0 Å². The van der Waals surface area contributed by atoms with Crippen LogP contribution in [-0.4, -0.2) is 32.1 Å². The fraction of sp³-hybridized carbons (Fsp3) is 0.588. The number of carbonyl (C=O) groups is 1. The number of halogens is 2. The van der Waals surface area contributed by atoms with Crippen molar-refractivity contribution in [2.75, 3.05) is 20.3 Å². The van der Waals surface area contributed by atoms with Gasteiger partial charge in [0.1, 0.15) is 11.6 Å². The summed E-state index contributed by atoms with van der Waals surface area (Å²) in [6.07, 6.45) is 1.11. The Bertz CT molecular complexity index is 641. The summed E-state index contributed by atoms with van der Waals surface area (Å²) < 4.78 is 44.4. The molecule has 23 heavy (non-hydrogen) atoms. The highest BCUT2D eigenvalue weighted by molar-refractivity contribution is 5.74. The number of methoxy groups -OCH3 is 1. The van der Waals surface area contributed by atoms with Crippen LogP contribution in [0.15, 0.2) is 18.2 Å². The third kappa shape index (κ3) is 2.27. The van der Waals surface area contributed by atoms with Crippen LogP contribution in [0.25, 0.3) is 0 Å². The molecule has 0 N–H and O–H groups in total. The first-order valence-electron chi connectivity index (χ1n) is 7.86. The summed E-state index contributed by atoms with van der Waals surface area (Å²) in [5.41, 5.74) is 0.251. The molecule has 0 amide bonds. The molecule has 0 aromatic heterocycles. The maximum Gasteiger partial charge on any atom is 0.309 e. The lowest BCUT2D eigenvalue weighted by atomic mass is 9.72. The number of fused-ring (bicyclic) bond motifs is 2. The molecule has 1 aromatic rings. The summed E-state index contributed by atoms with van der Waals surface area (Å²) in [5, 5.41) is 0. The van der Waals surface area contributed by atoms with Gasteiger partial charge in [-0.05, 0) is 36.1 Å². The number of esters is 1. The number of benzene rings is 1. The topological polar surface area (TPSA) is 44.8 Å². The summed E-state index contributed by atoms with van der Waals surface area (Å²) in [4.78, 5) is 12.3. The number of hydrogen-bond donors (Lipinski definition) is 0. The maximum absolute atomic E-state index is 14.3. The van der Waals surface area contributed by atoms with Crippen LogP contribution >= 0.6 is 0 Å². The van der Waals surface area contributed by atoms with E-state index in [1.165, 1.54) is 13.2 Å². The largest absolute Gasteiger partial charge is 0.469 e. The number of hydrogen-bond acceptors (Lipinski definition) is 4. The summed E-state index contributed by atoms with van der Waals surface area (Å²) in [7, 11) is 1.31. The zero-order valence-corrected chi connectivity index (χ0v) is 12.8. The second-order valence-corrected chi connectivity index (χ2v) is 6.54. The Morgan fingerprint density at radius 3 is 2.74 bits per heavy atom. The van der Waals surface area contributed by atoms with Gasteiger partial charge in [0.15, 0.2) is 5.79 Å². The Kier molecular flexibility index (Phi) is 3.43. The van der Waals surface area contributed by atoms with Gasteiger partial charge in [0.05, 0.1) is 26.2 Å². The molecule has 1 heterocycles. The molecule has 0 bridgehead atoms. The van der Waals surface area contributed by atoms with Crippen molar-refractivity contribution in [1.82, 2.24) is 0 Å². The van der Waals surface area contributed by atoms with Crippen LogP contribution in [0.2, 0.25) is 0 Å². The second kappa shape index (κ2) is 5.24. The minimum absolute atomic E-state index is 0.0437. The first-order valence-corrected chi connectivity index (χ1v) is 7.86. The van der Waals surface area contributed by atoms with Gasteiger partial charge in [0.25, 0.3) is 0 Å². The van der Waals surface area contributed by atoms with Gasteiger partial charge in [-0.25, -0.2) is 8.78 Å². The van der Waals surface area contributed by atoms with E-state index in [-0.39, 0.29) is 17.4 Å². The predicted octanol–water partition coefficient (Wildman–Crippen LogP) is 2.62. The number of carbonyl (C=O) groups excluding carboxylic acids is 1. The predicted molar refractivity (Wildman–Crippen MR) is 75.5 cm³/mol. The normalized spacial score (nSPS) is 34.2. The Labute approximate surface area is 132 Å². The molecule has 1 saturated heterocycles. The quantitative estimate of drug-likeness (QED) is 0.785. The molecule has 4 atom stereocenters. The van der Waals surface area contributed by atoms with E-state index in [4.69, 9.17) is 14.2 Å². The van der Waals surface area contributed by atoms with Gasteiger partial charge in [0.2, 0.25) is 0 Å². The molecular formula is C17H18F2O4. The molecule has 2 aliphatic carbocycles. The van der Waals surface area contributed by atoms with Crippen LogP contribution in [-0.2, 0) is 19.0 Å². The van der Waals surface area contributed by atoms with Crippen LogP contribution < -0.4 is 0 Å². The highest BCUT2D eigenvalue weighted by Gasteiger charge is 2.66. The standard InChI is InChI=1S/C17H18F2O4/c1-21-16(20)12-8-17(22-4-5-23-17)13-7-10(13)15(12)11-6-9(18)2-3-14(11)19/h2-3,6,10,12-13,15H,4-5,7-8H2,1H3/t10?,12-,13?,15+/m0/s1. The van der Waals surface area contributed by atoms with Crippen molar-refractivity contribution in [3.63, 3.8) is 0 Å². The van der Waals surface area contributed by atoms with Crippen molar-refractivity contribution in [2.45, 2.75) is 24.5 Å². The Morgan fingerprint density at radius 2 is 2.04 bits per heavy atom. The van der Waals surface area contributed by atoms with Gasteiger partial charge < -0.3 is 14.2 Å².